The van der Waals surface area contributed by atoms with E-state index in [4.69, 9.17) is 21.8 Å². The monoisotopic (exact) mass is 262 g/mol. The highest BCUT2D eigenvalue weighted by Crippen LogP contribution is 2.31. The van der Waals surface area contributed by atoms with Crippen LogP contribution in [0.25, 0.3) is 0 Å². The molecular formula is C10H15ClN2O2S. The minimum atomic E-state index is -0.0520. The average molecular weight is 263 g/mol. The molecule has 90 valence electrons. The van der Waals surface area contributed by atoms with E-state index in [0.717, 1.165) is 35.9 Å². The van der Waals surface area contributed by atoms with Crippen LogP contribution in [0, 0.1) is 5.92 Å². The smallest absolute Gasteiger partial charge is 0.187 e. The summed E-state index contributed by atoms with van der Waals surface area (Å²) >= 11 is 7.34. The first kappa shape index (κ1) is 12.1. The molecule has 0 spiro atoms. The zero-order valence-corrected chi connectivity index (χ0v) is 10.5. The molecule has 0 radical (unpaired) electrons. The Hall–Kier alpha value is -0.360. The van der Waals surface area contributed by atoms with Crippen molar-refractivity contribution in [2.45, 2.75) is 19.4 Å². The van der Waals surface area contributed by atoms with Gasteiger partial charge >= 0.3 is 0 Å². The van der Waals surface area contributed by atoms with E-state index in [0.29, 0.717) is 11.1 Å². The minimum absolute atomic E-state index is 0.0520. The molecule has 1 fully saturated rings. The summed E-state index contributed by atoms with van der Waals surface area (Å²) in [5.41, 5.74) is 0. The number of aliphatic hydroxyl groups is 2. The van der Waals surface area contributed by atoms with Gasteiger partial charge in [-0.15, -0.1) is 0 Å². The van der Waals surface area contributed by atoms with Crippen molar-refractivity contribution in [3.8, 4) is 0 Å². The van der Waals surface area contributed by atoms with Gasteiger partial charge in [0.05, 0.1) is 11.5 Å². The second-order valence-corrected chi connectivity index (χ2v) is 5.40. The molecule has 2 N–H and O–H groups in total. The molecule has 6 heteroatoms. The zero-order chi connectivity index (χ0) is 11.5. The first-order chi connectivity index (χ1) is 7.74. The molecule has 0 aromatic carbocycles. The zero-order valence-electron chi connectivity index (χ0n) is 8.90. The van der Waals surface area contributed by atoms with Crippen LogP contribution in [0.4, 0.5) is 5.13 Å². The second kappa shape index (κ2) is 5.31. The van der Waals surface area contributed by atoms with E-state index in [2.05, 4.69) is 9.88 Å². The number of hydrogen-bond acceptors (Lipinski definition) is 5. The van der Waals surface area contributed by atoms with Crippen LogP contribution in [0.1, 0.15) is 17.7 Å². The van der Waals surface area contributed by atoms with Crippen LogP contribution in [0.5, 0.6) is 0 Å². The Morgan fingerprint density at radius 2 is 2.06 bits per heavy atom. The van der Waals surface area contributed by atoms with Gasteiger partial charge < -0.3 is 15.1 Å². The van der Waals surface area contributed by atoms with Gasteiger partial charge in [-0.2, -0.15) is 0 Å². The van der Waals surface area contributed by atoms with Gasteiger partial charge in [-0.25, -0.2) is 4.98 Å². The van der Waals surface area contributed by atoms with E-state index in [1.54, 1.807) is 0 Å². The summed E-state index contributed by atoms with van der Waals surface area (Å²) in [5.74, 6) is 0.420. The second-order valence-electron chi connectivity index (χ2n) is 3.98. The third-order valence-corrected chi connectivity index (χ3v) is 4.45. The molecule has 0 bridgehead atoms. The fraction of sp³-hybridized carbons (Fsp3) is 0.700. The molecule has 1 aliphatic rings. The number of rotatable bonds is 3. The normalized spacial score (nSPS) is 18.1. The Morgan fingerprint density at radius 1 is 1.38 bits per heavy atom. The average Bonchev–Trinajstić information content (AvgIpc) is 2.71. The molecule has 0 aliphatic carbocycles. The summed E-state index contributed by atoms with van der Waals surface area (Å²) < 4.78 is 0. The Kier molecular flexibility index (Phi) is 4.02. The van der Waals surface area contributed by atoms with Gasteiger partial charge in [-0.05, 0) is 18.8 Å². The highest BCUT2D eigenvalue weighted by Gasteiger charge is 2.21. The standard InChI is InChI=1S/C10H15ClN2O2S/c11-9-8(6-15)16-10(12-9)13-3-1-7(5-14)2-4-13/h7,14-15H,1-6H2. The van der Waals surface area contributed by atoms with Gasteiger partial charge in [0.1, 0.15) is 5.15 Å². The van der Waals surface area contributed by atoms with Crippen LogP contribution in [-0.2, 0) is 6.61 Å². The van der Waals surface area contributed by atoms with Crippen LogP contribution in [0.15, 0.2) is 0 Å². The predicted octanol–water partition coefficient (Wildman–Crippen LogP) is 1.50. The number of halogens is 1. The fourth-order valence-corrected chi connectivity index (χ4v) is 3.03. The van der Waals surface area contributed by atoms with Gasteiger partial charge in [-0.3, -0.25) is 0 Å². The molecule has 0 unspecified atom stereocenters. The molecule has 1 aliphatic heterocycles. The summed E-state index contributed by atoms with van der Waals surface area (Å²) in [6.45, 7) is 2.03. The number of anilines is 1. The lowest BCUT2D eigenvalue weighted by Crippen LogP contribution is -2.34. The van der Waals surface area contributed by atoms with E-state index >= 15 is 0 Å². The molecule has 2 rings (SSSR count). The Labute approximate surface area is 103 Å². The number of piperidine rings is 1. The van der Waals surface area contributed by atoms with Crippen molar-refractivity contribution < 1.29 is 10.2 Å². The van der Waals surface area contributed by atoms with Gasteiger partial charge in [0.25, 0.3) is 0 Å². The highest BCUT2D eigenvalue weighted by atomic mass is 35.5. The molecule has 2 heterocycles. The van der Waals surface area contributed by atoms with Gasteiger partial charge in [0.15, 0.2) is 5.13 Å². The fourth-order valence-electron chi connectivity index (χ4n) is 1.86. The van der Waals surface area contributed by atoms with Crippen molar-refractivity contribution in [2.24, 2.45) is 5.92 Å². The Bertz CT molecular complexity index is 351. The third-order valence-electron chi connectivity index (χ3n) is 2.93. The Balaban J connectivity index is 2.02. The molecule has 4 nitrogen and oxygen atoms in total. The number of thiazole rings is 1. The van der Waals surface area contributed by atoms with Crippen molar-refractivity contribution in [3.63, 3.8) is 0 Å². The van der Waals surface area contributed by atoms with Crippen molar-refractivity contribution in [3.05, 3.63) is 10.0 Å². The van der Waals surface area contributed by atoms with E-state index < -0.39 is 0 Å². The van der Waals surface area contributed by atoms with E-state index in [1.807, 2.05) is 0 Å². The lowest BCUT2D eigenvalue weighted by molar-refractivity contribution is 0.203. The molecular weight excluding hydrogens is 248 g/mol. The van der Waals surface area contributed by atoms with Crippen LogP contribution >= 0.6 is 22.9 Å². The van der Waals surface area contributed by atoms with E-state index in [1.165, 1.54) is 11.3 Å². The van der Waals surface area contributed by atoms with E-state index in [-0.39, 0.29) is 13.2 Å². The number of nitrogens with zero attached hydrogens (tertiary/aromatic N) is 2. The topological polar surface area (TPSA) is 56.6 Å². The maximum absolute atomic E-state index is 9.05. The van der Waals surface area contributed by atoms with Crippen LogP contribution in [0.3, 0.4) is 0 Å². The number of hydrogen-bond donors (Lipinski definition) is 2. The summed E-state index contributed by atoms with van der Waals surface area (Å²) in [6, 6.07) is 0. The quantitative estimate of drug-likeness (QED) is 0.867. The van der Waals surface area contributed by atoms with Crippen molar-refractivity contribution in [2.75, 3.05) is 24.6 Å². The maximum Gasteiger partial charge on any atom is 0.187 e. The number of aromatic nitrogens is 1. The first-order valence-corrected chi connectivity index (χ1v) is 6.56. The molecule has 0 atom stereocenters. The molecule has 1 aromatic rings. The van der Waals surface area contributed by atoms with Crippen molar-refractivity contribution >= 4 is 28.1 Å². The minimum Gasteiger partial charge on any atom is -0.396 e. The molecule has 1 saturated heterocycles. The van der Waals surface area contributed by atoms with Crippen molar-refractivity contribution in [1.82, 2.24) is 4.98 Å². The summed E-state index contributed by atoms with van der Waals surface area (Å²) in [6.07, 6.45) is 1.98. The van der Waals surface area contributed by atoms with Gasteiger partial charge in [0.2, 0.25) is 0 Å². The van der Waals surface area contributed by atoms with Crippen LogP contribution < -0.4 is 4.90 Å². The molecule has 0 saturated carbocycles. The highest BCUT2D eigenvalue weighted by molar-refractivity contribution is 7.16. The largest absolute Gasteiger partial charge is 0.396 e. The third kappa shape index (κ3) is 2.48. The Morgan fingerprint density at radius 3 is 2.56 bits per heavy atom. The summed E-state index contributed by atoms with van der Waals surface area (Å²) in [4.78, 5) is 7.14. The molecule has 0 amide bonds. The van der Waals surface area contributed by atoms with Gasteiger partial charge in [0, 0.05) is 19.7 Å². The summed E-state index contributed by atoms with van der Waals surface area (Å²) in [7, 11) is 0. The summed E-state index contributed by atoms with van der Waals surface area (Å²) in [5, 5.41) is 19.4. The lowest BCUT2D eigenvalue weighted by Gasteiger charge is -2.30. The van der Waals surface area contributed by atoms with E-state index in [9.17, 15) is 0 Å². The lowest BCUT2D eigenvalue weighted by atomic mass is 9.98. The van der Waals surface area contributed by atoms with Crippen molar-refractivity contribution in [1.29, 1.82) is 0 Å². The maximum atomic E-state index is 9.05. The first-order valence-electron chi connectivity index (χ1n) is 5.36. The predicted molar refractivity (Wildman–Crippen MR) is 65.1 cm³/mol. The molecule has 1 aromatic heterocycles. The van der Waals surface area contributed by atoms with Crippen LogP contribution in [0.2, 0.25) is 5.15 Å². The molecule has 16 heavy (non-hydrogen) atoms. The van der Waals surface area contributed by atoms with Gasteiger partial charge in [-0.1, -0.05) is 22.9 Å². The SMILES string of the molecule is OCc1sc(N2CCC(CO)CC2)nc1Cl. The van der Waals surface area contributed by atoms with Crippen LogP contribution in [-0.4, -0.2) is 34.9 Å². The number of aliphatic hydroxyl groups excluding tert-OH is 2.